The summed E-state index contributed by atoms with van der Waals surface area (Å²) in [6.07, 6.45) is 0.833. The molecule has 2 aromatic rings. The summed E-state index contributed by atoms with van der Waals surface area (Å²) in [4.78, 5) is 24.8. The van der Waals surface area contributed by atoms with Crippen LogP contribution in [0.2, 0.25) is 0 Å². The summed E-state index contributed by atoms with van der Waals surface area (Å²) in [5.41, 5.74) is 2.52. The van der Waals surface area contributed by atoms with Crippen LogP contribution in [0.4, 0.5) is 0 Å². The van der Waals surface area contributed by atoms with Gasteiger partial charge in [-0.1, -0.05) is 13.8 Å². The molecule has 2 rings (SSSR count). The number of aryl methyl sites for hydroxylation is 1. The molecule has 0 saturated carbocycles. The van der Waals surface area contributed by atoms with E-state index in [1.165, 1.54) is 0 Å². The third-order valence-corrected chi connectivity index (χ3v) is 3.82. The van der Waals surface area contributed by atoms with Gasteiger partial charge in [-0.25, -0.2) is 4.98 Å². The molecule has 0 aliphatic heterocycles. The summed E-state index contributed by atoms with van der Waals surface area (Å²) in [7, 11) is 0. The van der Waals surface area contributed by atoms with Crippen LogP contribution >= 0.6 is 11.3 Å². The van der Waals surface area contributed by atoms with Crippen molar-refractivity contribution in [2.45, 2.75) is 27.7 Å². The van der Waals surface area contributed by atoms with Gasteiger partial charge in [-0.15, -0.1) is 11.3 Å². The lowest BCUT2D eigenvalue weighted by Gasteiger charge is -2.11. The predicted octanol–water partition coefficient (Wildman–Crippen LogP) is 4.15. The second kappa shape index (κ2) is 10.5. The van der Waals surface area contributed by atoms with E-state index < -0.39 is 0 Å². The zero-order valence-electron chi connectivity index (χ0n) is 14.4. The van der Waals surface area contributed by atoms with E-state index in [-0.39, 0.29) is 0 Å². The molecule has 1 aromatic carbocycles. The van der Waals surface area contributed by atoms with E-state index in [0.717, 1.165) is 22.6 Å². The summed E-state index contributed by atoms with van der Waals surface area (Å²) in [6, 6.07) is 5.63. The maximum atomic E-state index is 11.2. The van der Waals surface area contributed by atoms with Gasteiger partial charge in [-0.05, 0) is 38.0 Å². The van der Waals surface area contributed by atoms with Crippen LogP contribution in [0.1, 0.15) is 36.8 Å². The number of aldehydes is 1. The molecule has 1 aromatic heterocycles. The molecular weight excluding hydrogens is 326 g/mol. The van der Waals surface area contributed by atoms with Crippen LogP contribution in [0, 0.1) is 12.8 Å². The van der Waals surface area contributed by atoms with Gasteiger partial charge in [-0.2, -0.15) is 0 Å². The molecule has 0 atom stereocenters. The third-order valence-electron chi connectivity index (χ3n) is 2.81. The summed E-state index contributed by atoms with van der Waals surface area (Å²) in [6.45, 7) is 9.38. The van der Waals surface area contributed by atoms with E-state index in [1.54, 1.807) is 18.3 Å². The van der Waals surface area contributed by atoms with Crippen LogP contribution in [0.3, 0.4) is 0 Å². The van der Waals surface area contributed by atoms with Crippen LogP contribution in [0.5, 0.6) is 5.75 Å². The molecule has 0 radical (unpaired) electrons. The number of nitrogens with zero attached hydrogens (tertiary/aromatic N) is 1. The zero-order chi connectivity index (χ0) is 17.9. The monoisotopic (exact) mass is 349 g/mol. The number of hydrogen-bond acceptors (Lipinski definition) is 6. The van der Waals surface area contributed by atoms with E-state index in [4.69, 9.17) is 4.74 Å². The highest BCUT2D eigenvalue weighted by atomic mass is 32.1. The molecule has 24 heavy (non-hydrogen) atoms. The van der Waals surface area contributed by atoms with Crippen molar-refractivity contribution in [3.63, 3.8) is 0 Å². The lowest BCUT2D eigenvalue weighted by Crippen LogP contribution is -2.06. The zero-order valence-corrected chi connectivity index (χ0v) is 15.3. The Labute approximate surface area is 146 Å². The largest absolute Gasteiger partial charge is 0.493 e. The number of thiazole rings is 1. The van der Waals surface area contributed by atoms with Gasteiger partial charge < -0.3 is 9.47 Å². The summed E-state index contributed by atoms with van der Waals surface area (Å²) in [5, 5.41) is 2.93. The van der Waals surface area contributed by atoms with E-state index in [2.05, 4.69) is 23.6 Å². The first kappa shape index (κ1) is 19.8. The van der Waals surface area contributed by atoms with E-state index in [1.807, 2.05) is 30.5 Å². The number of ether oxygens (including phenoxy) is 2. The number of carbonyl (C=O) groups excluding carboxylic acids is 2. The lowest BCUT2D eigenvalue weighted by molar-refractivity contribution is -0.128. The maximum absolute atomic E-state index is 11.2. The fourth-order valence-electron chi connectivity index (χ4n) is 1.72. The molecule has 0 unspecified atom stereocenters. The minimum Gasteiger partial charge on any atom is -0.493 e. The van der Waals surface area contributed by atoms with Crippen LogP contribution < -0.4 is 4.74 Å². The molecule has 1 heterocycles. The standard InChI is InChI=1S/C15H17NO2S.C3H6O2/c1-10(2)8-18-14-5-4-12(6-13(14)7-17)15-16-11(3)9-19-15;1-2-5-3-4/h4-7,9-10H,8H2,1-3H3;3H,2H2,1H3. The highest BCUT2D eigenvalue weighted by Crippen LogP contribution is 2.28. The minimum absolute atomic E-state index is 0.431. The Morgan fingerprint density at radius 2 is 2.04 bits per heavy atom. The molecule has 0 aliphatic rings. The SMILES string of the molecule is CCOC=O.Cc1csc(-c2ccc(OCC(C)C)c(C=O)c2)n1. The normalized spacial score (nSPS) is 9.88. The molecule has 0 fully saturated rings. The second-order valence-electron chi connectivity index (χ2n) is 5.42. The average molecular weight is 349 g/mol. The second-order valence-corrected chi connectivity index (χ2v) is 6.28. The van der Waals surface area contributed by atoms with Gasteiger partial charge in [0.1, 0.15) is 10.8 Å². The van der Waals surface area contributed by atoms with E-state index in [0.29, 0.717) is 36.9 Å². The number of hydrogen-bond donors (Lipinski definition) is 0. The summed E-state index contributed by atoms with van der Waals surface area (Å²) in [5.74, 6) is 1.07. The van der Waals surface area contributed by atoms with E-state index in [9.17, 15) is 9.59 Å². The van der Waals surface area contributed by atoms with Crippen molar-refractivity contribution < 1.29 is 19.1 Å². The lowest BCUT2D eigenvalue weighted by atomic mass is 10.1. The molecule has 5 nitrogen and oxygen atoms in total. The molecule has 0 N–H and O–H groups in total. The first-order valence-electron chi connectivity index (χ1n) is 7.71. The number of rotatable bonds is 7. The predicted molar refractivity (Wildman–Crippen MR) is 95.7 cm³/mol. The fourth-order valence-corrected chi connectivity index (χ4v) is 2.51. The third kappa shape index (κ3) is 6.50. The van der Waals surface area contributed by atoms with Gasteiger partial charge in [0.05, 0.1) is 18.8 Å². The molecule has 0 spiro atoms. The van der Waals surface area contributed by atoms with Gasteiger partial charge >= 0.3 is 0 Å². The van der Waals surface area contributed by atoms with Crippen LogP contribution in [-0.4, -0.2) is 31.0 Å². The van der Waals surface area contributed by atoms with Crippen LogP contribution in [-0.2, 0) is 9.53 Å². The van der Waals surface area contributed by atoms with Gasteiger partial charge in [0, 0.05) is 16.6 Å². The maximum Gasteiger partial charge on any atom is 0.293 e. The van der Waals surface area contributed by atoms with Crippen LogP contribution in [0.15, 0.2) is 23.6 Å². The summed E-state index contributed by atoms with van der Waals surface area (Å²) < 4.78 is 9.79. The Morgan fingerprint density at radius 3 is 2.50 bits per heavy atom. The van der Waals surface area contributed by atoms with Crippen molar-refractivity contribution in [2.24, 2.45) is 5.92 Å². The Bertz CT molecular complexity index is 652. The fraction of sp³-hybridized carbons (Fsp3) is 0.389. The molecule has 6 heteroatoms. The van der Waals surface area contributed by atoms with Gasteiger partial charge in [-0.3, -0.25) is 9.59 Å². The number of aromatic nitrogens is 1. The molecule has 130 valence electrons. The molecule has 0 bridgehead atoms. The quantitative estimate of drug-likeness (QED) is 0.703. The molecule has 0 amide bonds. The van der Waals surface area contributed by atoms with Crippen molar-refractivity contribution in [1.82, 2.24) is 4.98 Å². The topological polar surface area (TPSA) is 65.5 Å². The molecule has 0 aliphatic carbocycles. The highest BCUT2D eigenvalue weighted by Gasteiger charge is 2.09. The minimum atomic E-state index is 0.431. The Morgan fingerprint density at radius 1 is 1.29 bits per heavy atom. The first-order chi connectivity index (χ1) is 11.5. The average Bonchev–Trinajstić information content (AvgIpc) is 3.00. The Kier molecular flexibility index (Phi) is 8.71. The number of benzene rings is 1. The van der Waals surface area contributed by atoms with Crippen LogP contribution in [0.25, 0.3) is 10.6 Å². The first-order valence-corrected chi connectivity index (χ1v) is 8.59. The van der Waals surface area contributed by atoms with Crippen molar-refractivity contribution in [2.75, 3.05) is 13.2 Å². The van der Waals surface area contributed by atoms with Gasteiger partial charge in [0.25, 0.3) is 6.47 Å². The van der Waals surface area contributed by atoms with Crippen molar-refractivity contribution in [3.05, 3.63) is 34.8 Å². The van der Waals surface area contributed by atoms with Crippen molar-refractivity contribution in [3.8, 4) is 16.3 Å². The summed E-state index contributed by atoms with van der Waals surface area (Å²) >= 11 is 1.58. The molecular formula is C18H23NO4S. The van der Waals surface area contributed by atoms with Gasteiger partial charge in [0.2, 0.25) is 0 Å². The smallest absolute Gasteiger partial charge is 0.293 e. The van der Waals surface area contributed by atoms with Gasteiger partial charge in [0.15, 0.2) is 6.29 Å². The van der Waals surface area contributed by atoms with E-state index >= 15 is 0 Å². The van der Waals surface area contributed by atoms with Crippen molar-refractivity contribution in [1.29, 1.82) is 0 Å². The molecule has 0 saturated heterocycles. The highest BCUT2D eigenvalue weighted by molar-refractivity contribution is 7.13. The number of carbonyl (C=O) groups is 2. The van der Waals surface area contributed by atoms with Crippen molar-refractivity contribution >= 4 is 24.1 Å². The Hall–Kier alpha value is -2.21. The Balaban J connectivity index is 0.000000505.